The zero-order chi connectivity index (χ0) is 17.6. The average molecular weight is 323 g/mol. The van der Waals surface area contributed by atoms with Crippen molar-refractivity contribution in [2.75, 3.05) is 13.2 Å². The summed E-state index contributed by atoms with van der Waals surface area (Å²) in [5, 5.41) is 14.0. The van der Waals surface area contributed by atoms with Gasteiger partial charge in [-0.1, -0.05) is 6.08 Å². The number of urea groups is 1. The number of aromatic nitrogens is 1. The van der Waals surface area contributed by atoms with Gasteiger partial charge in [-0.2, -0.15) is 0 Å². The van der Waals surface area contributed by atoms with Gasteiger partial charge < -0.3 is 20.1 Å². The van der Waals surface area contributed by atoms with Crippen molar-refractivity contribution >= 4 is 17.9 Å². The van der Waals surface area contributed by atoms with Crippen LogP contribution >= 0.6 is 0 Å². The predicted octanol–water partition coefficient (Wildman–Crippen LogP) is 0.853. The number of carbonyl (C=O) groups is 3. The lowest BCUT2D eigenvalue weighted by molar-refractivity contribution is -0.123. The van der Waals surface area contributed by atoms with Gasteiger partial charge >= 0.3 is 12.0 Å². The first-order valence-electron chi connectivity index (χ1n) is 7.00. The Bertz CT molecular complexity index is 619. The second-order valence-electron chi connectivity index (χ2n) is 4.96. The number of aliphatic hydroxyl groups excluding tert-OH is 1. The number of nitrogens with one attached hydrogen (secondary N) is 3. The van der Waals surface area contributed by atoms with Gasteiger partial charge in [0.25, 0.3) is 5.91 Å². The number of H-pyrrole nitrogens is 1. The molecule has 126 valence electrons. The number of esters is 1. The summed E-state index contributed by atoms with van der Waals surface area (Å²) in [5.41, 5.74) is 2.00. The summed E-state index contributed by atoms with van der Waals surface area (Å²) < 4.78 is 4.86. The van der Waals surface area contributed by atoms with E-state index in [-0.39, 0.29) is 12.2 Å². The van der Waals surface area contributed by atoms with Crippen LogP contribution in [0.25, 0.3) is 0 Å². The average Bonchev–Trinajstić information content (AvgIpc) is 2.77. The normalized spacial score (nSPS) is 11.5. The highest BCUT2D eigenvalue weighted by Gasteiger charge is 2.21. The zero-order valence-electron chi connectivity index (χ0n) is 13.4. The van der Waals surface area contributed by atoms with E-state index in [9.17, 15) is 19.5 Å². The molecule has 4 N–H and O–H groups in total. The van der Waals surface area contributed by atoms with E-state index in [0.29, 0.717) is 16.8 Å². The second kappa shape index (κ2) is 8.14. The molecule has 0 aliphatic heterocycles. The lowest BCUT2D eigenvalue weighted by Crippen LogP contribution is -2.41. The molecule has 0 saturated heterocycles. The summed E-state index contributed by atoms with van der Waals surface area (Å²) in [6.07, 6.45) is 0.727. The van der Waals surface area contributed by atoms with Gasteiger partial charge in [0.05, 0.1) is 6.10 Å². The van der Waals surface area contributed by atoms with Crippen molar-refractivity contribution in [3.05, 3.63) is 35.2 Å². The van der Waals surface area contributed by atoms with Crippen LogP contribution in [0.2, 0.25) is 0 Å². The molecule has 8 nitrogen and oxygen atoms in total. The van der Waals surface area contributed by atoms with Gasteiger partial charge in [0, 0.05) is 17.8 Å². The first kappa shape index (κ1) is 18.4. The maximum absolute atomic E-state index is 12.0. The van der Waals surface area contributed by atoms with E-state index in [1.54, 1.807) is 20.8 Å². The summed E-state index contributed by atoms with van der Waals surface area (Å²) in [6.45, 7) is 8.02. The molecule has 0 saturated carbocycles. The molecule has 0 aliphatic rings. The Labute approximate surface area is 133 Å². The highest BCUT2D eigenvalue weighted by Crippen LogP contribution is 2.24. The second-order valence-corrected chi connectivity index (χ2v) is 4.96. The molecule has 1 heterocycles. The van der Waals surface area contributed by atoms with Crippen molar-refractivity contribution < 1.29 is 24.2 Å². The van der Waals surface area contributed by atoms with E-state index in [1.807, 2.05) is 5.32 Å². The van der Waals surface area contributed by atoms with Crippen molar-refractivity contribution in [2.24, 2.45) is 0 Å². The maximum Gasteiger partial charge on any atom is 0.355 e. The number of aliphatic hydroxyl groups is 1. The van der Waals surface area contributed by atoms with Gasteiger partial charge in [0.1, 0.15) is 5.69 Å². The number of hydrogen-bond acceptors (Lipinski definition) is 5. The molecule has 0 spiro atoms. The summed E-state index contributed by atoms with van der Waals surface area (Å²) in [4.78, 5) is 37.5. The van der Waals surface area contributed by atoms with Gasteiger partial charge in [-0.3, -0.25) is 10.1 Å². The van der Waals surface area contributed by atoms with Crippen LogP contribution in [0.5, 0.6) is 0 Å². The number of imide groups is 1. The van der Waals surface area contributed by atoms with Crippen molar-refractivity contribution in [1.82, 2.24) is 15.6 Å². The third kappa shape index (κ3) is 4.96. The molecule has 0 fully saturated rings. The number of ether oxygens (including phenoxy) is 1. The summed E-state index contributed by atoms with van der Waals surface area (Å²) in [7, 11) is 0. The van der Waals surface area contributed by atoms with Crippen molar-refractivity contribution in [2.45, 2.75) is 26.9 Å². The molecule has 23 heavy (non-hydrogen) atoms. The molecule has 3 amide bonds. The highest BCUT2D eigenvalue weighted by atomic mass is 16.5. The van der Waals surface area contributed by atoms with E-state index in [0.717, 1.165) is 0 Å². The lowest BCUT2D eigenvalue weighted by Gasteiger charge is -2.07. The van der Waals surface area contributed by atoms with E-state index >= 15 is 0 Å². The first-order valence-corrected chi connectivity index (χ1v) is 7.00. The molecule has 0 bridgehead atoms. The number of carbonyl (C=O) groups excluding carboxylic acids is 3. The molecule has 1 atom stereocenters. The molecular formula is C15H21N3O5. The number of aromatic amines is 1. The van der Waals surface area contributed by atoms with Crippen LogP contribution in [0.15, 0.2) is 12.7 Å². The van der Waals surface area contributed by atoms with Crippen molar-refractivity contribution in [1.29, 1.82) is 0 Å². The van der Waals surface area contributed by atoms with Crippen molar-refractivity contribution in [3.8, 4) is 0 Å². The monoisotopic (exact) mass is 323 g/mol. The van der Waals surface area contributed by atoms with Crippen molar-refractivity contribution in [3.63, 3.8) is 0 Å². The number of amides is 3. The molecule has 8 heteroatoms. The Morgan fingerprint density at radius 2 is 2.04 bits per heavy atom. The molecule has 0 aromatic carbocycles. The van der Waals surface area contributed by atoms with Gasteiger partial charge in [0.2, 0.25) is 0 Å². The Hall–Kier alpha value is -2.61. The Balaban J connectivity index is 2.61. The smallest absolute Gasteiger partial charge is 0.355 e. The fourth-order valence-corrected chi connectivity index (χ4v) is 2.17. The minimum Gasteiger partial charge on any atom is -0.451 e. The lowest BCUT2D eigenvalue weighted by atomic mass is 10.1. The van der Waals surface area contributed by atoms with Gasteiger partial charge in [-0.15, -0.1) is 6.58 Å². The predicted molar refractivity (Wildman–Crippen MR) is 82.9 cm³/mol. The topological polar surface area (TPSA) is 121 Å². The molecular weight excluding hydrogens is 302 g/mol. The van der Waals surface area contributed by atoms with Gasteiger partial charge in [-0.25, -0.2) is 9.59 Å². The SMILES string of the molecule is C=CCNC(=O)NC(=O)COC(=O)c1[nH]c(C)c([C@@H](C)O)c1C. The molecule has 0 aliphatic carbocycles. The minimum absolute atomic E-state index is 0.169. The Morgan fingerprint density at radius 3 is 2.57 bits per heavy atom. The number of hydrogen-bond donors (Lipinski definition) is 4. The van der Waals surface area contributed by atoms with Gasteiger partial charge in [0.15, 0.2) is 6.61 Å². The third-order valence-corrected chi connectivity index (χ3v) is 3.11. The summed E-state index contributed by atoms with van der Waals surface area (Å²) in [6, 6.07) is -0.700. The molecule has 0 radical (unpaired) electrons. The number of aryl methyl sites for hydroxylation is 1. The fourth-order valence-electron chi connectivity index (χ4n) is 2.17. The van der Waals surface area contributed by atoms with Crippen LogP contribution in [0.4, 0.5) is 4.79 Å². The van der Waals surface area contributed by atoms with E-state index < -0.39 is 30.6 Å². The zero-order valence-corrected chi connectivity index (χ0v) is 13.4. The van der Waals surface area contributed by atoms with Crippen LogP contribution < -0.4 is 10.6 Å². The quantitative estimate of drug-likeness (QED) is 0.457. The van der Waals surface area contributed by atoms with Crippen LogP contribution in [0.3, 0.4) is 0 Å². The number of rotatable bonds is 6. The van der Waals surface area contributed by atoms with Crippen LogP contribution in [0.1, 0.15) is 40.3 Å². The molecule has 1 aromatic rings. The van der Waals surface area contributed by atoms with E-state index in [4.69, 9.17) is 4.74 Å². The standard InChI is InChI=1S/C15H21N3O5/c1-5-6-16-15(22)18-11(20)7-23-14(21)13-8(2)12(10(4)19)9(3)17-13/h5,10,17,19H,1,6-7H2,2-4H3,(H2,16,18,20,22)/t10-/m1/s1. The Kier molecular flexibility index (Phi) is 6.52. The minimum atomic E-state index is -0.753. The van der Waals surface area contributed by atoms with Crippen LogP contribution in [-0.2, 0) is 9.53 Å². The molecule has 1 aromatic heterocycles. The highest BCUT2D eigenvalue weighted by molar-refractivity contribution is 5.97. The maximum atomic E-state index is 12.0. The molecule has 0 unspecified atom stereocenters. The van der Waals surface area contributed by atoms with Crippen LogP contribution in [0, 0.1) is 13.8 Å². The van der Waals surface area contributed by atoms with Crippen LogP contribution in [-0.4, -0.2) is 41.1 Å². The molecule has 1 rings (SSSR count). The summed E-state index contributed by atoms with van der Waals surface area (Å²) >= 11 is 0. The Morgan fingerprint density at radius 1 is 1.39 bits per heavy atom. The largest absolute Gasteiger partial charge is 0.451 e. The first-order chi connectivity index (χ1) is 10.8. The van der Waals surface area contributed by atoms with E-state index in [1.165, 1.54) is 6.08 Å². The van der Waals surface area contributed by atoms with E-state index in [2.05, 4.69) is 16.9 Å². The fraction of sp³-hybridized carbons (Fsp3) is 0.400. The summed E-state index contributed by atoms with van der Waals surface area (Å²) in [5.74, 6) is -1.49. The van der Waals surface area contributed by atoms with Gasteiger partial charge in [-0.05, 0) is 26.3 Å². The third-order valence-electron chi connectivity index (χ3n) is 3.11.